The fraction of sp³-hybridized carbons (Fsp3) is 0.308. The largest absolute Gasteiger partial charge is 0.495 e. The molecule has 1 amide bonds. The summed E-state index contributed by atoms with van der Waals surface area (Å²) in [4.78, 5) is 22.0. The minimum absolute atomic E-state index is 0.0540. The number of rotatable bonds is 5. The zero-order chi connectivity index (χ0) is 27.9. The maximum Gasteiger partial charge on any atom is 0.419 e. The number of aromatic nitrogens is 4. The summed E-state index contributed by atoms with van der Waals surface area (Å²) < 4.78 is 62.5. The minimum Gasteiger partial charge on any atom is -0.495 e. The van der Waals surface area contributed by atoms with Crippen molar-refractivity contribution in [2.45, 2.75) is 32.0 Å². The Bertz CT molecular complexity index is 1550. The first-order valence-electron chi connectivity index (χ1n) is 12.2. The lowest BCUT2D eigenvalue weighted by Crippen LogP contribution is -2.30. The van der Waals surface area contributed by atoms with E-state index in [2.05, 4.69) is 15.3 Å². The molecule has 39 heavy (non-hydrogen) atoms. The number of carbonyl (C=O) groups excluding carboxylic acids is 1. The van der Waals surface area contributed by atoms with E-state index in [0.717, 1.165) is 49.9 Å². The van der Waals surface area contributed by atoms with Crippen LogP contribution in [0.15, 0.2) is 42.7 Å². The number of piperidine rings is 1. The lowest BCUT2D eigenvalue weighted by atomic mass is 10.1. The van der Waals surface area contributed by atoms with Gasteiger partial charge in [0.2, 0.25) is 5.91 Å². The normalized spacial score (nSPS) is 14.5. The van der Waals surface area contributed by atoms with E-state index < -0.39 is 29.2 Å². The van der Waals surface area contributed by atoms with Crippen molar-refractivity contribution in [2.24, 2.45) is 0 Å². The Hall–Kier alpha value is -4.26. The van der Waals surface area contributed by atoms with Crippen LogP contribution in [0.1, 0.15) is 31.4 Å². The summed E-state index contributed by atoms with van der Waals surface area (Å²) in [5, 5.41) is 8.68. The van der Waals surface area contributed by atoms with Crippen LogP contribution < -0.4 is 20.7 Å². The van der Waals surface area contributed by atoms with Gasteiger partial charge in [0, 0.05) is 12.5 Å². The first-order chi connectivity index (χ1) is 18.6. The van der Waals surface area contributed by atoms with Crippen LogP contribution in [-0.4, -0.2) is 45.9 Å². The smallest absolute Gasteiger partial charge is 0.419 e. The highest BCUT2D eigenvalue weighted by Crippen LogP contribution is 2.42. The molecule has 0 spiro atoms. The molecule has 204 valence electrons. The first-order valence-corrected chi connectivity index (χ1v) is 12.2. The van der Waals surface area contributed by atoms with Gasteiger partial charge in [-0.3, -0.25) is 9.69 Å². The van der Waals surface area contributed by atoms with E-state index in [0.29, 0.717) is 28.4 Å². The molecule has 13 heteroatoms. The Balaban J connectivity index is 1.64. The van der Waals surface area contributed by atoms with Crippen LogP contribution in [0.3, 0.4) is 0 Å². The number of carbonyl (C=O) groups is 1. The lowest BCUT2D eigenvalue weighted by Gasteiger charge is -2.25. The van der Waals surface area contributed by atoms with Crippen molar-refractivity contribution in [1.29, 1.82) is 0 Å². The Morgan fingerprint density at radius 2 is 1.90 bits per heavy atom. The molecule has 1 saturated heterocycles. The molecular formula is C26H25F4N7O2. The van der Waals surface area contributed by atoms with Gasteiger partial charge in [-0.1, -0.05) is 12.1 Å². The third-order valence-corrected chi connectivity index (χ3v) is 6.71. The quantitative estimate of drug-likeness (QED) is 0.346. The average Bonchev–Trinajstić information content (AvgIpc) is 3.30. The van der Waals surface area contributed by atoms with Crippen LogP contribution in [-0.2, 0) is 11.0 Å². The number of alkyl halides is 3. The summed E-state index contributed by atoms with van der Waals surface area (Å²) in [5.74, 6) is -1.94. The highest BCUT2D eigenvalue weighted by Gasteiger charge is 2.36. The fourth-order valence-electron chi connectivity index (χ4n) is 4.89. The Morgan fingerprint density at radius 3 is 2.56 bits per heavy atom. The van der Waals surface area contributed by atoms with Gasteiger partial charge in [-0.15, -0.1) is 0 Å². The number of ether oxygens (including phenoxy) is 1. The molecule has 0 atom stereocenters. The molecule has 4 aromatic rings. The van der Waals surface area contributed by atoms with Crippen molar-refractivity contribution >= 4 is 34.1 Å². The number of halogens is 4. The molecule has 0 aliphatic carbocycles. The molecule has 0 unspecified atom stereocenters. The van der Waals surface area contributed by atoms with Crippen LogP contribution in [0.2, 0.25) is 0 Å². The number of anilines is 3. The summed E-state index contributed by atoms with van der Waals surface area (Å²) in [6, 6.07) is 7.50. The van der Waals surface area contributed by atoms with Gasteiger partial charge in [-0.2, -0.15) is 18.3 Å². The van der Waals surface area contributed by atoms with E-state index in [-0.39, 0.29) is 23.3 Å². The molecule has 5 rings (SSSR count). The maximum atomic E-state index is 15.0. The highest BCUT2D eigenvalue weighted by atomic mass is 19.4. The maximum absolute atomic E-state index is 15.0. The molecule has 1 fully saturated rings. The summed E-state index contributed by atoms with van der Waals surface area (Å²) in [7, 11) is 1.34. The summed E-state index contributed by atoms with van der Waals surface area (Å²) >= 11 is 0. The Morgan fingerprint density at radius 1 is 1.15 bits per heavy atom. The van der Waals surface area contributed by atoms with Crippen LogP contribution >= 0.6 is 0 Å². The van der Waals surface area contributed by atoms with Crippen molar-refractivity contribution in [3.05, 3.63) is 54.1 Å². The number of hydrogen-bond acceptors (Lipinski definition) is 7. The SMILES string of the molecule is COc1cc(-c2nn(C3CCNCC3)c3ncnc(N)c23)ccc1N(C(C)=O)c1cccc(C(F)(F)F)c1F. The number of nitrogen functional groups attached to an aromatic ring is 1. The predicted octanol–water partition coefficient (Wildman–Crippen LogP) is 4.85. The molecular weight excluding hydrogens is 518 g/mol. The zero-order valence-electron chi connectivity index (χ0n) is 21.1. The number of nitrogens with two attached hydrogens (primary N) is 1. The van der Waals surface area contributed by atoms with Crippen molar-refractivity contribution in [2.75, 3.05) is 30.8 Å². The molecule has 1 aliphatic heterocycles. The second kappa shape index (κ2) is 10.1. The second-order valence-electron chi connectivity index (χ2n) is 9.11. The molecule has 3 heterocycles. The summed E-state index contributed by atoms with van der Waals surface area (Å²) in [6.45, 7) is 2.79. The molecule has 9 nitrogen and oxygen atoms in total. The van der Waals surface area contributed by atoms with Crippen LogP contribution in [0.25, 0.3) is 22.3 Å². The molecule has 0 saturated carbocycles. The van der Waals surface area contributed by atoms with E-state index in [1.54, 1.807) is 12.1 Å². The fourth-order valence-corrected chi connectivity index (χ4v) is 4.89. The lowest BCUT2D eigenvalue weighted by molar-refractivity contribution is -0.140. The number of benzene rings is 2. The van der Waals surface area contributed by atoms with Crippen molar-refractivity contribution in [3.63, 3.8) is 0 Å². The van der Waals surface area contributed by atoms with Gasteiger partial charge in [0.15, 0.2) is 11.5 Å². The van der Waals surface area contributed by atoms with Crippen LogP contribution in [0.4, 0.5) is 34.8 Å². The predicted molar refractivity (Wildman–Crippen MR) is 137 cm³/mol. The number of amides is 1. The van der Waals surface area contributed by atoms with E-state index >= 15 is 4.39 Å². The van der Waals surface area contributed by atoms with Crippen LogP contribution in [0, 0.1) is 5.82 Å². The number of nitrogens with zero attached hydrogens (tertiary/aromatic N) is 5. The van der Waals surface area contributed by atoms with E-state index in [1.807, 2.05) is 4.68 Å². The van der Waals surface area contributed by atoms with Gasteiger partial charge in [0.05, 0.1) is 35.5 Å². The third-order valence-electron chi connectivity index (χ3n) is 6.71. The molecule has 2 aromatic heterocycles. The topological polar surface area (TPSA) is 111 Å². The molecule has 3 N–H and O–H groups in total. The molecule has 2 aromatic carbocycles. The van der Waals surface area contributed by atoms with Crippen molar-refractivity contribution < 1.29 is 27.1 Å². The summed E-state index contributed by atoms with van der Waals surface area (Å²) in [5.41, 5.74) is 5.85. The van der Waals surface area contributed by atoms with Crippen molar-refractivity contribution in [3.8, 4) is 17.0 Å². The monoisotopic (exact) mass is 543 g/mol. The van der Waals surface area contributed by atoms with E-state index in [4.69, 9.17) is 15.6 Å². The standard InChI is InChI=1S/C26H25F4N7O2/c1-14(38)36(19-5-3-4-17(22(19)27)26(28,29)30)18-7-6-15(12-20(18)39-2)23-21-24(31)33-13-34-25(21)37(35-23)16-8-10-32-11-9-16/h3-7,12-13,16,32H,8-11H2,1-2H3,(H2,31,33,34). The van der Waals surface area contributed by atoms with Gasteiger partial charge in [0.1, 0.15) is 23.6 Å². The van der Waals surface area contributed by atoms with E-state index in [1.165, 1.54) is 19.5 Å². The Labute approximate surface area is 220 Å². The Kier molecular flexibility index (Phi) is 6.85. The summed E-state index contributed by atoms with van der Waals surface area (Å²) in [6.07, 6.45) is -1.87. The van der Waals surface area contributed by atoms with Gasteiger partial charge in [0.25, 0.3) is 0 Å². The first kappa shape index (κ1) is 26.4. The molecule has 0 bridgehead atoms. The zero-order valence-corrected chi connectivity index (χ0v) is 21.1. The molecule has 0 radical (unpaired) electrons. The van der Waals surface area contributed by atoms with Gasteiger partial charge < -0.3 is 15.8 Å². The van der Waals surface area contributed by atoms with E-state index in [9.17, 15) is 18.0 Å². The second-order valence-corrected chi connectivity index (χ2v) is 9.11. The number of hydrogen-bond donors (Lipinski definition) is 2. The number of nitrogens with one attached hydrogen (secondary N) is 1. The van der Waals surface area contributed by atoms with Gasteiger partial charge >= 0.3 is 6.18 Å². The number of methoxy groups -OCH3 is 1. The van der Waals surface area contributed by atoms with Crippen molar-refractivity contribution in [1.82, 2.24) is 25.1 Å². The highest BCUT2D eigenvalue weighted by molar-refractivity contribution is 6.02. The third kappa shape index (κ3) is 4.73. The van der Waals surface area contributed by atoms with Gasteiger partial charge in [-0.25, -0.2) is 19.0 Å². The number of fused-ring (bicyclic) bond motifs is 1. The average molecular weight is 544 g/mol. The molecule has 1 aliphatic rings. The minimum atomic E-state index is -4.94. The van der Waals surface area contributed by atoms with Crippen LogP contribution in [0.5, 0.6) is 5.75 Å². The van der Waals surface area contributed by atoms with Gasteiger partial charge in [-0.05, 0) is 50.2 Å².